The maximum atomic E-state index is 10.9. The van der Waals surface area contributed by atoms with Crippen LogP contribution in [0.1, 0.15) is 6.04 Å². The number of aliphatic hydroxyl groups is 3. The highest BCUT2D eigenvalue weighted by molar-refractivity contribution is 9.10. The van der Waals surface area contributed by atoms with Gasteiger partial charge in [-0.3, -0.25) is 4.98 Å². The Morgan fingerprint density at radius 1 is 1.31 bits per heavy atom. The third-order valence-corrected chi connectivity index (χ3v) is 7.03. The van der Waals surface area contributed by atoms with E-state index in [-0.39, 0.29) is 0 Å². The van der Waals surface area contributed by atoms with Crippen LogP contribution in [0.5, 0.6) is 0 Å². The zero-order chi connectivity index (χ0) is 20.5. The highest BCUT2D eigenvalue weighted by Crippen LogP contribution is 2.38. The predicted molar refractivity (Wildman–Crippen MR) is 111 cm³/mol. The fraction of sp³-hybridized carbons (Fsp3) is 0.375. The van der Waals surface area contributed by atoms with Gasteiger partial charge in [0, 0.05) is 27.1 Å². The van der Waals surface area contributed by atoms with E-state index in [2.05, 4.69) is 36.2 Å². The lowest BCUT2D eigenvalue weighted by molar-refractivity contribution is -0.178. The Bertz CT molecular complexity index is 992. The Labute approximate surface area is 186 Å². The zero-order valence-corrected chi connectivity index (χ0v) is 18.5. The number of nitrogens with zero attached hydrogens (tertiary/aromatic N) is 5. The number of aliphatic hydroxyl groups excluding tert-OH is 3. The molecule has 3 N–H and O–H groups in total. The average molecular weight is 521 g/mol. The van der Waals surface area contributed by atoms with Gasteiger partial charge in [0.1, 0.15) is 45.6 Å². The predicted octanol–water partition coefficient (Wildman–Crippen LogP) is 1.98. The molecule has 5 atom stereocenters. The van der Waals surface area contributed by atoms with Crippen molar-refractivity contribution in [1.29, 1.82) is 0 Å². The summed E-state index contributed by atoms with van der Waals surface area (Å²) < 4.78 is 7.89. The molecule has 0 aromatic carbocycles. The molecule has 0 aliphatic carbocycles. The molecule has 4 rings (SSSR count). The van der Waals surface area contributed by atoms with Crippen molar-refractivity contribution in [2.45, 2.75) is 34.7 Å². The molecule has 154 valence electrons. The van der Waals surface area contributed by atoms with Crippen LogP contribution in [0.4, 0.5) is 0 Å². The summed E-state index contributed by atoms with van der Waals surface area (Å²) in [5.41, 5.74) is -0.299. The SMILES string of the molecule is OCC1OC(Sc2cncc(Br)c2)C(O)C(n2cc(-c3nc(Cl)cs3)nn2)C1O. The van der Waals surface area contributed by atoms with E-state index in [9.17, 15) is 15.3 Å². The summed E-state index contributed by atoms with van der Waals surface area (Å²) in [5.74, 6) is 0. The molecular weight excluding hydrogens is 506 g/mol. The minimum atomic E-state index is -1.19. The summed E-state index contributed by atoms with van der Waals surface area (Å²) >= 11 is 11.8. The largest absolute Gasteiger partial charge is 0.394 e. The average Bonchev–Trinajstić information content (AvgIpc) is 3.33. The lowest BCUT2D eigenvalue weighted by atomic mass is 9.97. The van der Waals surface area contributed by atoms with Crippen LogP contribution in [0.2, 0.25) is 5.15 Å². The van der Waals surface area contributed by atoms with Crippen molar-refractivity contribution in [3.63, 3.8) is 0 Å². The van der Waals surface area contributed by atoms with Gasteiger partial charge >= 0.3 is 0 Å². The molecule has 0 amide bonds. The van der Waals surface area contributed by atoms with Crippen LogP contribution in [-0.2, 0) is 4.74 Å². The summed E-state index contributed by atoms with van der Waals surface area (Å²) in [5, 5.41) is 42.0. The smallest absolute Gasteiger partial charge is 0.147 e. The molecule has 9 nitrogen and oxygen atoms in total. The standard InChI is InChI=1S/C16H15BrClN5O4S2/c17-7-1-8(3-19-2-7)29-16-14(26)12(13(25)10(5-24)27-16)23-4-9(21-22-23)15-20-11(18)6-28-15/h1-4,6,10,12-14,16,24-26H,5H2. The van der Waals surface area contributed by atoms with E-state index in [4.69, 9.17) is 16.3 Å². The summed E-state index contributed by atoms with van der Waals surface area (Å²) in [7, 11) is 0. The van der Waals surface area contributed by atoms with Gasteiger partial charge in [-0.2, -0.15) is 0 Å². The Hall–Kier alpha value is -1.12. The maximum absolute atomic E-state index is 10.9. The van der Waals surface area contributed by atoms with Crippen LogP contribution in [0.25, 0.3) is 10.7 Å². The minimum Gasteiger partial charge on any atom is -0.394 e. The molecule has 1 aliphatic rings. The number of rotatable bonds is 5. The molecular formula is C16H15BrClN5O4S2. The fourth-order valence-electron chi connectivity index (χ4n) is 2.96. The van der Waals surface area contributed by atoms with Crippen molar-refractivity contribution < 1.29 is 20.1 Å². The van der Waals surface area contributed by atoms with Gasteiger partial charge in [-0.25, -0.2) is 9.67 Å². The van der Waals surface area contributed by atoms with Gasteiger partial charge in [0.15, 0.2) is 0 Å². The summed E-state index contributed by atoms with van der Waals surface area (Å²) in [6, 6.07) is 0.955. The van der Waals surface area contributed by atoms with Crippen LogP contribution in [0, 0.1) is 0 Å². The van der Waals surface area contributed by atoms with Crippen LogP contribution in [-0.4, -0.2) is 70.6 Å². The molecule has 3 aromatic heterocycles. The van der Waals surface area contributed by atoms with Crippen molar-refractivity contribution in [3.05, 3.63) is 39.7 Å². The van der Waals surface area contributed by atoms with E-state index in [0.29, 0.717) is 15.9 Å². The summed E-state index contributed by atoms with van der Waals surface area (Å²) in [4.78, 5) is 9.00. The van der Waals surface area contributed by atoms with Crippen molar-refractivity contribution >= 4 is 50.6 Å². The lowest BCUT2D eigenvalue weighted by Crippen LogP contribution is -2.55. The Kier molecular flexibility index (Phi) is 6.51. The lowest BCUT2D eigenvalue weighted by Gasteiger charge is -2.41. The Balaban J connectivity index is 1.61. The maximum Gasteiger partial charge on any atom is 0.147 e. The van der Waals surface area contributed by atoms with Gasteiger partial charge < -0.3 is 20.1 Å². The van der Waals surface area contributed by atoms with Gasteiger partial charge in [0.2, 0.25) is 0 Å². The molecule has 1 fully saturated rings. The molecule has 29 heavy (non-hydrogen) atoms. The number of ether oxygens (including phenoxy) is 1. The second kappa shape index (κ2) is 8.94. The molecule has 1 aliphatic heterocycles. The number of pyridine rings is 1. The molecule has 0 bridgehead atoms. The number of hydrogen-bond donors (Lipinski definition) is 3. The number of thiazole rings is 1. The third kappa shape index (κ3) is 4.49. The Morgan fingerprint density at radius 3 is 2.83 bits per heavy atom. The van der Waals surface area contributed by atoms with Crippen LogP contribution in [0.15, 0.2) is 39.4 Å². The molecule has 5 unspecified atom stereocenters. The first-order chi connectivity index (χ1) is 14.0. The summed E-state index contributed by atoms with van der Waals surface area (Å²) in [6.45, 7) is -0.415. The van der Waals surface area contributed by atoms with Crippen molar-refractivity contribution in [2.75, 3.05) is 6.61 Å². The monoisotopic (exact) mass is 519 g/mol. The molecule has 0 saturated carbocycles. The van der Waals surface area contributed by atoms with E-state index in [1.165, 1.54) is 27.8 Å². The molecule has 0 radical (unpaired) electrons. The first kappa shape index (κ1) is 21.1. The first-order valence-electron chi connectivity index (χ1n) is 8.39. The van der Waals surface area contributed by atoms with Gasteiger partial charge in [-0.1, -0.05) is 28.6 Å². The third-order valence-electron chi connectivity index (χ3n) is 4.29. The van der Waals surface area contributed by atoms with Gasteiger partial charge in [-0.15, -0.1) is 16.4 Å². The number of aromatic nitrogens is 5. The van der Waals surface area contributed by atoms with E-state index < -0.39 is 36.4 Å². The van der Waals surface area contributed by atoms with E-state index in [1.807, 2.05) is 6.07 Å². The molecule has 0 spiro atoms. The van der Waals surface area contributed by atoms with E-state index in [1.54, 1.807) is 24.0 Å². The normalized spacial score (nSPS) is 27.3. The topological polar surface area (TPSA) is 126 Å². The van der Waals surface area contributed by atoms with Crippen LogP contribution < -0.4 is 0 Å². The van der Waals surface area contributed by atoms with Crippen molar-refractivity contribution in [2.24, 2.45) is 0 Å². The van der Waals surface area contributed by atoms with Gasteiger partial charge in [0.05, 0.1) is 12.8 Å². The highest BCUT2D eigenvalue weighted by Gasteiger charge is 2.46. The molecule has 3 aromatic rings. The molecule has 13 heteroatoms. The Morgan fingerprint density at radius 2 is 2.14 bits per heavy atom. The van der Waals surface area contributed by atoms with Gasteiger partial charge in [-0.05, 0) is 22.0 Å². The van der Waals surface area contributed by atoms with Gasteiger partial charge in [0.25, 0.3) is 0 Å². The minimum absolute atomic E-state index is 0.352. The number of halogens is 2. The number of hydrogen-bond acceptors (Lipinski definition) is 10. The van der Waals surface area contributed by atoms with E-state index in [0.717, 1.165) is 9.37 Å². The van der Waals surface area contributed by atoms with Crippen LogP contribution >= 0.6 is 50.6 Å². The van der Waals surface area contributed by atoms with Crippen molar-refractivity contribution in [3.8, 4) is 10.7 Å². The fourth-order valence-corrected chi connectivity index (χ4v) is 5.46. The molecule has 4 heterocycles. The van der Waals surface area contributed by atoms with E-state index >= 15 is 0 Å². The number of thioether (sulfide) groups is 1. The second-order valence-corrected chi connectivity index (χ2v) is 9.55. The zero-order valence-electron chi connectivity index (χ0n) is 14.5. The highest BCUT2D eigenvalue weighted by atomic mass is 79.9. The quantitative estimate of drug-likeness (QED) is 0.463. The van der Waals surface area contributed by atoms with Crippen LogP contribution in [0.3, 0.4) is 0 Å². The first-order valence-corrected chi connectivity index (χ1v) is 11.3. The summed E-state index contributed by atoms with van der Waals surface area (Å²) in [6.07, 6.45) is 1.64. The van der Waals surface area contributed by atoms with Crippen molar-refractivity contribution in [1.82, 2.24) is 25.0 Å². The molecule has 1 saturated heterocycles. The second-order valence-electron chi connectivity index (χ2n) is 6.21.